The molecule has 0 atom stereocenters. The number of benzene rings is 1. The van der Waals surface area contributed by atoms with Crippen LogP contribution in [0.25, 0.3) is 5.65 Å². The minimum absolute atomic E-state index is 0.252. The third-order valence-corrected chi connectivity index (χ3v) is 6.70. The summed E-state index contributed by atoms with van der Waals surface area (Å²) >= 11 is 6.87. The quantitative estimate of drug-likeness (QED) is 0.428. The summed E-state index contributed by atoms with van der Waals surface area (Å²) in [6.45, 7) is 10.1. The van der Waals surface area contributed by atoms with Gasteiger partial charge in [0.2, 0.25) is 5.95 Å². The smallest absolute Gasteiger partial charge is 0.247 e. The summed E-state index contributed by atoms with van der Waals surface area (Å²) in [7, 11) is 0. The third-order valence-electron chi connectivity index (χ3n) is 6.30. The number of halogens is 1. The number of anilines is 4. The van der Waals surface area contributed by atoms with Crippen LogP contribution in [-0.2, 0) is 0 Å². The van der Waals surface area contributed by atoms with Crippen LogP contribution in [0.4, 0.5) is 23.1 Å². The van der Waals surface area contributed by atoms with Crippen LogP contribution in [0, 0.1) is 22.7 Å². The van der Waals surface area contributed by atoms with E-state index in [9.17, 15) is 10.5 Å². The van der Waals surface area contributed by atoms with Crippen molar-refractivity contribution in [3.8, 4) is 12.1 Å². The number of piperazine rings is 1. The van der Waals surface area contributed by atoms with Crippen LogP contribution in [0.15, 0.2) is 42.6 Å². The van der Waals surface area contributed by atoms with E-state index < -0.39 is 0 Å². The van der Waals surface area contributed by atoms with E-state index in [0.717, 1.165) is 56.8 Å². The van der Waals surface area contributed by atoms with Crippen molar-refractivity contribution in [2.45, 2.75) is 25.8 Å². The van der Waals surface area contributed by atoms with Crippen molar-refractivity contribution in [3.63, 3.8) is 0 Å². The minimum Gasteiger partial charge on any atom is -0.368 e. The average Bonchev–Trinajstić information content (AvgIpc) is 3.61. The van der Waals surface area contributed by atoms with Gasteiger partial charge in [-0.05, 0) is 31.9 Å². The highest BCUT2D eigenvalue weighted by Crippen LogP contribution is 2.36. The summed E-state index contributed by atoms with van der Waals surface area (Å²) in [5.41, 5.74) is 3.62. The first-order chi connectivity index (χ1) is 17.9. The number of rotatable bonds is 8. The fourth-order valence-electron chi connectivity index (χ4n) is 4.22. The molecule has 0 radical (unpaired) electrons. The van der Waals surface area contributed by atoms with Gasteiger partial charge in [-0.25, -0.2) is 4.98 Å². The summed E-state index contributed by atoms with van der Waals surface area (Å²) in [6.07, 6.45) is 7.75. The molecular formula is C26H27ClN10. The van der Waals surface area contributed by atoms with Gasteiger partial charge in [0.05, 0.1) is 34.2 Å². The van der Waals surface area contributed by atoms with Crippen LogP contribution in [0.3, 0.4) is 0 Å². The first-order valence-corrected chi connectivity index (χ1v) is 12.6. The molecule has 1 aromatic carbocycles. The number of allylic oxidation sites excluding steroid dienone is 2. The Morgan fingerprint density at radius 1 is 1.22 bits per heavy atom. The van der Waals surface area contributed by atoms with Crippen molar-refractivity contribution < 1.29 is 0 Å². The zero-order valence-corrected chi connectivity index (χ0v) is 21.3. The third kappa shape index (κ3) is 5.51. The largest absolute Gasteiger partial charge is 0.368 e. The molecule has 2 N–H and O–H groups in total. The van der Waals surface area contributed by atoms with E-state index >= 15 is 0 Å². The Morgan fingerprint density at radius 3 is 2.68 bits per heavy atom. The van der Waals surface area contributed by atoms with E-state index in [1.807, 2.05) is 19.1 Å². The van der Waals surface area contributed by atoms with Crippen LogP contribution in [-0.4, -0.2) is 63.2 Å². The predicted octanol–water partition coefficient (Wildman–Crippen LogP) is 4.09. The number of nitrogens with one attached hydrogen (secondary N) is 2. The standard InChI is InChI=1S/C26H27ClN10/c1-17(2)4-3-7-35-8-10-36(11-9-35)22-13-18(14-28)12-21(23(22)27)32-26-33-24(31-19-5-6-19)25-30-16-20(15-29)37(25)34-26/h3-4,12-13,16,19H,1,5-11H2,2H3,(H2,31,32,33,34). The van der Waals surface area contributed by atoms with Crippen molar-refractivity contribution in [3.05, 3.63) is 58.9 Å². The first-order valence-electron chi connectivity index (χ1n) is 12.2. The highest BCUT2D eigenvalue weighted by atomic mass is 35.5. The molecule has 11 heteroatoms. The van der Waals surface area contributed by atoms with Crippen molar-refractivity contribution in [2.24, 2.45) is 0 Å². The fraction of sp³-hybridized carbons (Fsp3) is 0.346. The van der Waals surface area contributed by atoms with Gasteiger partial charge < -0.3 is 15.5 Å². The highest BCUT2D eigenvalue weighted by molar-refractivity contribution is 6.36. The summed E-state index contributed by atoms with van der Waals surface area (Å²) in [4.78, 5) is 13.5. The Bertz CT molecular complexity index is 1450. The van der Waals surface area contributed by atoms with Crippen molar-refractivity contribution in [1.29, 1.82) is 10.5 Å². The van der Waals surface area contributed by atoms with Gasteiger partial charge >= 0.3 is 0 Å². The SMILES string of the molecule is C=C(C)C=CCN1CCN(c2cc(C#N)cc(Nc3nc(NC4CC4)c4ncc(C#N)n4n3)c2Cl)CC1. The van der Waals surface area contributed by atoms with Gasteiger partial charge in [-0.15, -0.1) is 5.10 Å². The zero-order chi connectivity index (χ0) is 25.9. The second kappa shape index (κ2) is 10.5. The lowest BCUT2D eigenvalue weighted by Gasteiger charge is -2.36. The van der Waals surface area contributed by atoms with Crippen molar-refractivity contribution >= 4 is 40.4 Å². The summed E-state index contributed by atoms with van der Waals surface area (Å²) in [5, 5.41) is 30.7. The van der Waals surface area contributed by atoms with Gasteiger partial charge in [-0.2, -0.15) is 20.0 Å². The predicted molar refractivity (Wildman–Crippen MR) is 144 cm³/mol. The van der Waals surface area contributed by atoms with E-state index in [1.54, 1.807) is 6.07 Å². The average molecular weight is 515 g/mol. The van der Waals surface area contributed by atoms with Gasteiger partial charge in [-0.1, -0.05) is 35.9 Å². The number of fused-ring (bicyclic) bond motifs is 1. The summed E-state index contributed by atoms with van der Waals surface area (Å²) in [6, 6.07) is 8.18. The van der Waals surface area contributed by atoms with Gasteiger partial charge in [0.25, 0.3) is 0 Å². The molecule has 37 heavy (non-hydrogen) atoms. The Morgan fingerprint density at radius 2 is 2.00 bits per heavy atom. The Balaban J connectivity index is 1.41. The van der Waals surface area contributed by atoms with Crippen molar-refractivity contribution in [1.82, 2.24) is 24.5 Å². The first kappa shape index (κ1) is 24.6. The molecule has 188 valence electrons. The maximum absolute atomic E-state index is 9.71. The second-order valence-corrected chi connectivity index (χ2v) is 9.70. The number of imidazole rings is 1. The number of aromatic nitrogens is 4. The maximum Gasteiger partial charge on any atom is 0.247 e. The molecule has 10 nitrogen and oxygen atoms in total. The van der Waals surface area contributed by atoms with E-state index in [2.05, 4.69) is 60.3 Å². The maximum atomic E-state index is 9.71. The molecule has 0 amide bonds. The molecule has 1 saturated heterocycles. The topological polar surface area (TPSA) is 121 Å². The Labute approximate surface area is 220 Å². The van der Waals surface area contributed by atoms with E-state index in [1.165, 1.54) is 10.7 Å². The van der Waals surface area contributed by atoms with Crippen molar-refractivity contribution in [2.75, 3.05) is 48.3 Å². The molecule has 1 saturated carbocycles. The molecule has 1 aliphatic heterocycles. The molecule has 2 aliphatic rings. The molecule has 0 spiro atoms. The van der Waals surface area contributed by atoms with Gasteiger partial charge in [0.15, 0.2) is 17.2 Å². The van der Waals surface area contributed by atoms with Gasteiger partial charge in [0, 0.05) is 38.8 Å². The van der Waals surface area contributed by atoms with Crippen LogP contribution in [0.2, 0.25) is 5.02 Å². The van der Waals surface area contributed by atoms with Crippen LogP contribution in [0.5, 0.6) is 0 Å². The lowest BCUT2D eigenvalue weighted by Crippen LogP contribution is -2.46. The molecule has 2 aromatic heterocycles. The molecule has 0 unspecified atom stereocenters. The van der Waals surface area contributed by atoms with E-state index in [-0.39, 0.29) is 5.95 Å². The molecule has 5 rings (SSSR count). The molecular weight excluding hydrogens is 488 g/mol. The summed E-state index contributed by atoms with van der Waals surface area (Å²) < 4.78 is 1.46. The van der Waals surface area contributed by atoms with Crippen LogP contribution >= 0.6 is 11.6 Å². The Kier molecular flexibility index (Phi) is 6.95. The highest BCUT2D eigenvalue weighted by Gasteiger charge is 2.25. The van der Waals surface area contributed by atoms with Crippen LogP contribution < -0.4 is 15.5 Å². The number of nitriles is 2. The molecule has 3 aromatic rings. The van der Waals surface area contributed by atoms with Gasteiger partial charge in [0.1, 0.15) is 6.07 Å². The Hall–Kier alpha value is -4.12. The fourth-order valence-corrected chi connectivity index (χ4v) is 4.49. The summed E-state index contributed by atoms with van der Waals surface area (Å²) in [5.74, 6) is 0.799. The number of nitrogens with zero attached hydrogens (tertiary/aromatic N) is 8. The lowest BCUT2D eigenvalue weighted by atomic mass is 10.1. The minimum atomic E-state index is 0.252. The molecule has 1 aliphatic carbocycles. The van der Waals surface area contributed by atoms with Crippen LogP contribution in [0.1, 0.15) is 31.0 Å². The number of hydrogen-bond donors (Lipinski definition) is 2. The number of hydrogen-bond acceptors (Lipinski definition) is 9. The van der Waals surface area contributed by atoms with E-state index in [4.69, 9.17) is 11.6 Å². The monoisotopic (exact) mass is 514 g/mol. The second-order valence-electron chi connectivity index (χ2n) is 9.32. The zero-order valence-electron chi connectivity index (χ0n) is 20.6. The van der Waals surface area contributed by atoms with E-state index in [0.29, 0.717) is 39.5 Å². The molecule has 0 bridgehead atoms. The van der Waals surface area contributed by atoms with Gasteiger partial charge in [-0.3, -0.25) is 4.90 Å². The normalized spacial score (nSPS) is 16.1. The molecule has 2 fully saturated rings. The molecule has 3 heterocycles. The lowest BCUT2D eigenvalue weighted by molar-refractivity contribution is 0.284.